The van der Waals surface area contributed by atoms with Gasteiger partial charge in [-0.1, -0.05) is 88.6 Å². The van der Waals surface area contributed by atoms with Crippen LogP contribution in [0, 0.1) is 0 Å². The molecule has 2 heteroatoms. The van der Waals surface area contributed by atoms with E-state index in [9.17, 15) is 0 Å². The second-order valence-electron chi connectivity index (χ2n) is 6.82. The van der Waals surface area contributed by atoms with Crippen molar-refractivity contribution in [2.75, 3.05) is 13.2 Å². The quantitative estimate of drug-likeness (QED) is 0.291. The summed E-state index contributed by atoms with van der Waals surface area (Å²) in [5.74, 6) is 0.969. The number of ether oxygens (including phenoxy) is 2. The van der Waals surface area contributed by atoms with Crippen molar-refractivity contribution in [1.82, 2.24) is 0 Å². The van der Waals surface area contributed by atoms with Crippen LogP contribution in [0.15, 0.2) is 30.3 Å². The van der Waals surface area contributed by atoms with E-state index in [0.717, 1.165) is 18.8 Å². The van der Waals surface area contributed by atoms with E-state index < -0.39 is 0 Å². The molecule has 24 heavy (non-hydrogen) atoms. The van der Waals surface area contributed by atoms with Gasteiger partial charge in [-0.15, -0.1) is 0 Å². The second kappa shape index (κ2) is 12.1. The van der Waals surface area contributed by atoms with Gasteiger partial charge in [0.05, 0.1) is 6.61 Å². The fraction of sp³-hybridized carbons (Fsp3) is 0.636. The zero-order chi connectivity index (χ0) is 16.9. The maximum atomic E-state index is 5.84. The predicted molar refractivity (Wildman–Crippen MR) is 103 cm³/mol. The maximum absolute atomic E-state index is 5.84. The average molecular weight is 331 g/mol. The van der Waals surface area contributed by atoms with Crippen molar-refractivity contribution < 1.29 is 9.47 Å². The minimum Gasteiger partial charge on any atom is -0.490 e. The smallest absolute Gasteiger partial charge is 0.126 e. The molecule has 1 unspecified atom stereocenters. The minimum atomic E-state index is 0.309. The van der Waals surface area contributed by atoms with Crippen LogP contribution in [0.4, 0.5) is 0 Å². The van der Waals surface area contributed by atoms with Crippen LogP contribution < -0.4 is 4.74 Å². The molecule has 1 heterocycles. The summed E-state index contributed by atoms with van der Waals surface area (Å²) in [5.41, 5.74) is 1.18. The van der Waals surface area contributed by atoms with Crippen LogP contribution in [0.3, 0.4) is 0 Å². The van der Waals surface area contributed by atoms with Gasteiger partial charge in [-0.25, -0.2) is 0 Å². The van der Waals surface area contributed by atoms with E-state index in [1.54, 1.807) is 0 Å². The van der Waals surface area contributed by atoms with Crippen LogP contribution in [0.2, 0.25) is 0 Å². The lowest BCUT2D eigenvalue weighted by atomic mass is 10.1. The molecule has 0 bridgehead atoms. The Morgan fingerprint density at radius 2 is 1.67 bits per heavy atom. The summed E-state index contributed by atoms with van der Waals surface area (Å²) in [5, 5.41) is 0. The van der Waals surface area contributed by atoms with Crippen molar-refractivity contribution in [2.45, 2.75) is 77.2 Å². The van der Waals surface area contributed by atoms with E-state index in [2.05, 4.69) is 31.2 Å². The lowest BCUT2D eigenvalue weighted by Crippen LogP contribution is -2.04. The summed E-state index contributed by atoms with van der Waals surface area (Å²) in [6.07, 6.45) is 18.4. The van der Waals surface area contributed by atoms with Crippen molar-refractivity contribution >= 4 is 6.08 Å². The Morgan fingerprint density at radius 1 is 1.00 bits per heavy atom. The molecule has 0 N–H and O–H groups in total. The number of hydrogen-bond donors (Lipinski definition) is 0. The number of epoxide rings is 1. The van der Waals surface area contributed by atoms with Crippen LogP contribution in [0.5, 0.6) is 5.75 Å². The largest absolute Gasteiger partial charge is 0.490 e. The number of rotatable bonds is 14. The molecule has 0 saturated carbocycles. The molecule has 0 aliphatic carbocycles. The fourth-order valence-corrected chi connectivity index (χ4v) is 2.88. The first-order chi connectivity index (χ1) is 11.9. The van der Waals surface area contributed by atoms with Gasteiger partial charge in [0.25, 0.3) is 0 Å². The Hall–Kier alpha value is -1.28. The normalized spacial score (nSPS) is 16.6. The van der Waals surface area contributed by atoms with Crippen molar-refractivity contribution in [3.05, 3.63) is 35.9 Å². The Bertz CT molecular complexity index is 463. The van der Waals surface area contributed by atoms with Crippen LogP contribution in [-0.2, 0) is 4.74 Å². The van der Waals surface area contributed by atoms with Gasteiger partial charge in [0.15, 0.2) is 0 Å². The molecule has 1 atom stereocenters. The van der Waals surface area contributed by atoms with Crippen LogP contribution in [-0.4, -0.2) is 19.3 Å². The van der Waals surface area contributed by atoms with Gasteiger partial charge in [-0.2, -0.15) is 0 Å². The van der Waals surface area contributed by atoms with E-state index in [0.29, 0.717) is 12.7 Å². The van der Waals surface area contributed by atoms with Crippen LogP contribution >= 0.6 is 0 Å². The highest BCUT2D eigenvalue weighted by atomic mass is 16.6. The molecule has 1 saturated heterocycles. The van der Waals surface area contributed by atoms with Gasteiger partial charge >= 0.3 is 0 Å². The Balaban J connectivity index is 1.53. The number of para-hydroxylation sites is 1. The van der Waals surface area contributed by atoms with Crippen molar-refractivity contribution in [2.24, 2.45) is 0 Å². The zero-order valence-electron chi connectivity index (χ0n) is 15.3. The summed E-state index contributed by atoms with van der Waals surface area (Å²) >= 11 is 0. The number of unbranched alkanes of at least 4 members (excludes halogenated alkanes) is 9. The zero-order valence-corrected chi connectivity index (χ0v) is 15.3. The summed E-state index contributed by atoms with van der Waals surface area (Å²) in [4.78, 5) is 0. The van der Waals surface area contributed by atoms with E-state index in [1.807, 2.05) is 12.1 Å². The third kappa shape index (κ3) is 8.54. The lowest BCUT2D eigenvalue weighted by molar-refractivity contribution is 0.262. The highest BCUT2D eigenvalue weighted by Gasteiger charge is 2.23. The fourth-order valence-electron chi connectivity index (χ4n) is 2.88. The molecule has 1 aromatic rings. The Labute approximate surface area is 148 Å². The molecular weight excluding hydrogens is 296 g/mol. The predicted octanol–water partition coefficient (Wildman–Crippen LogP) is 6.40. The van der Waals surface area contributed by atoms with Gasteiger partial charge in [0.1, 0.15) is 18.5 Å². The molecule has 0 spiro atoms. The van der Waals surface area contributed by atoms with Crippen molar-refractivity contribution in [1.29, 1.82) is 0 Å². The molecule has 1 aromatic carbocycles. The Kier molecular flexibility index (Phi) is 9.63. The van der Waals surface area contributed by atoms with E-state index in [4.69, 9.17) is 9.47 Å². The standard InChI is InChI=1S/C22H34O2/c1-2-3-4-5-6-7-8-9-10-11-12-15-20-16-13-14-17-22(20)24-19-21-18-23-21/h12-17,21H,2-11,18-19H2,1H3/b15-12+. The molecule has 134 valence electrons. The summed E-state index contributed by atoms with van der Waals surface area (Å²) in [6, 6.07) is 8.26. The third-order valence-corrected chi connectivity index (χ3v) is 4.52. The highest BCUT2D eigenvalue weighted by Crippen LogP contribution is 2.22. The molecule has 2 nitrogen and oxygen atoms in total. The monoisotopic (exact) mass is 330 g/mol. The molecule has 0 radical (unpaired) electrons. The first-order valence-electron chi connectivity index (χ1n) is 9.90. The van der Waals surface area contributed by atoms with Gasteiger partial charge in [0.2, 0.25) is 0 Å². The number of hydrogen-bond acceptors (Lipinski definition) is 2. The van der Waals surface area contributed by atoms with Crippen molar-refractivity contribution in [3.63, 3.8) is 0 Å². The van der Waals surface area contributed by atoms with Gasteiger partial charge in [-0.05, 0) is 18.9 Å². The Morgan fingerprint density at radius 3 is 2.38 bits per heavy atom. The second-order valence-corrected chi connectivity index (χ2v) is 6.82. The van der Waals surface area contributed by atoms with E-state index in [1.165, 1.54) is 63.4 Å². The summed E-state index contributed by atoms with van der Waals surface area (Å²) in [7, 11) is 0. The van der Waals surface area contributed by atoms with Crippen LogP contribution in [0.1, 0.15) is 76.7 Å². The maximum Gasteiger partial charge on any atom is 0.126 e. The lowest BCUT2D eigenvalue weighted by Gasteiger charge is -2.07. The third-order valence-electron chi connectivity index (χ3n) is 4.52. The van der Waals surface area contributed by atoms with Crippen LogP contribution in [0.25, 0.3) is 6.08 Å². The van der Waals surface area contributed by atoms with E-state index in [-0.39, 0.29) is 0 Å². The molecule has 0 aromatic heterocycles. The van der Waals surface area contributed by atoms with Gasteiger partial charge in [-0.3, -0.25) is 0 Å². The molecule has 1 aliphatic rings. The number of benzene rings is 1. The van der Waals surface area contributed by atoms with Gasteiger partial charge in [0, 0.05) is 5.56 Å². The van der Waals surface area contributed by atoms with E-state index >= 15 is 0 Å². The van der Waals surface area contributed by atoms with Crippen molar-refractivity contribution in [3.8, 4) is 5.75 Å². The SMILES string of the molecule is CCCCCCCCCCC/C=C/c1ccccc1OCC1CO1. The summed E-state index contributed by atoms with van der Waals surface area (Å²) < 4.78 is 11.0. The topological polar surface area (TPSA) is 21.8 Å². The molecule has 1 aliphatic heterocycles. The molecule has 1 fully saturated rings. The first kappa shape index (κ1) is 19.1. The van der Waals surface area contributed by atoms with Gasteiger partial charge < -0.3 is 9.47 Å². The first-order valence-corrected chi connectivity index (χ1v) is 9.90. The summed E-state index contributed by atoms with van der Waals surface area (Å²) in [6.45, 7) is 3.79. The molecule has 0 amide bonds. The average Bonchev–Trinajstić information content (AvgIpc) is 3.43. The molecular formula is C22H34O2. The number of allylic oxidation sites excluding steroid dienone is 1. The minimum absolute atomic E-state index is 0.309. The molecule has 2 rings (SSSR count). The highest BCUT2D eigenvalue weighted by molar-refractivity contribution is 5.57.